The summed E-state index contributed by atoms with van der Waals surface area (Å²) >= 11 is 3.18. The molecule has 0 aliphatic rings. The van der Waals surface area contributed by atoms with Crippen LogP contribution in [-0.4, -0.2) is 30.2 Å². The van der Waals surface area contributed by atoms with Crippen molar-refractivity contribution < 1.29 is 0 Å². The predicted octanol–water partition coefficient (Wildman–Crippen LogP) is 2.26. The number of nitrogens with zero attached hydrogens (tertiary/aromatic N) is 5. The quantitative estimate of drug-likeness (QED) is 0.780. The smallest absolute Gasteiger partial charge is 0.197 e. The van der Waals surface area contributed by atoms with Gasteiger partial charge in [-0.25, -0.2) is 4.98 Å². The van der Waals surface area contributed by atoms with Gasteiger partial charge < -0.3 is 10.3 Å². The van der Waals surface area contributed by atoms with Gasteiger partial charge in [0.05, 0.1) is 5.69 Å². The Kier molecular flexibility index (Phi) is 4.01. The maximum atomic E-state index is 6.14. The highest BCUT2D eigenvalue weighted by molar-refractivity contribution is 7.99. The highest BCUT2D eigenvalue weighted by atomic mass is 32.2. The fraction of sp³-hybridized carbons (Fsp3) is 0.462. The first kappa shape index (κ1) is 14.6. The molecule has 8 heteroatoms. The predicted molar refractivity (Wildman–Crippen MR) is 84.9 cm³/mol. The molecule has 21 heavy (non-hydrogen) atoms. The van der Waals surface area contributed by atoms with E-state index in [0.717, 1.165) is 39.5 Å². The highest BCUT2D eigenvalue weighted by Crippen LogP contribution is 2.31. The number of hydrogen-bond donors (Lipinski definition) is 1. The van der Waals surface area contributed by atoms with E-state index in [1.165, 1.54) is 0 Å². The lowest BCUT2D eigenvalue weighted by atomic mass is 10.1. The molecule has 0 fully saturated rings. The molecule has 6 nitrogen and oxygen atoms in total. The van der Waals surface area contributed by atoms with Crippen molar-refractivity contribution in [3.8, 4) is 0 Å². The van der Waals surface area contributed by atoms with Crippen LogP contribution in [0.4, 0.5) is 0 Å². The standard InChI is InChI=1S/C13H18N6S2/c1-4-9(14)7-10-11(15-12-19(10)5-6-20-12)21-13-17-16-8(2)18(13)3/h5-6,9H,4,7,14H2,1-3H3. The van der Waals surface area contributed by atoms with Crippen molar-refractivity contribution in [3.63, 3.8) is 0 Å². The van der Waals surface area contributed by atoms with Crippen molar-refractivity contribution in [2.24, 2.45) is 12.8 Å². The molecule has 0 amide bonds. The second kappa shape index (κ2) is 5.78. The Labute approximate surface area is 131 Å². The molecule has 3 rings (SSSR count). The van der Waals surface area contributed by atoms with Gasteiger partial charge in [0.2, 0.25) is 0 Å². The van der Waals surface area contributed by atoms with E-state index in [1.807, 2.05) is 23.9 Å². The van der Waals surface area contributed by atoms with E-state index in [-0.39, 0.29) is 6.04 Å². The normalized spacial score (nSPS) is 13.1. The minimum Gasteiger partial charge on any atom is -0.327 e. The molecule has 0 aromatic carbocycles. The van der Waals surface area contributed by atoms with Gasteiger partial charge in [0.15, 0.2) is 10.1 Å². The summed E-state index contributed by atoms with van der Waals surface area (Å²) in [6, 6.07) is 0.144. The van der Waals surface area contributed by atoms with E-state index >= 15 is 0 Å². The average Bonchev–Trinajstić information content (AvgIpc) is 3.12. The molecule has 3 aromatic rings. The van der Waals surface area contributed by atoms with Gasteiger partial charge >= 0.3 is 0 Å². The monoisotopic (exact) mass is 322 g/mol. The molecular weight excluding hydrogens is 304 g/mol. The molecule has 0 aliphatic carbocycles. The van der Waals surface area contributed by atoms with Gasteiger partial charge in [-0.3, -0.25) is 4.40 Å². The van der Waals surface area contributed by atoms with E-state index in [1.54, 1.807) is 23.1 Å². The van der Waals surface area contributed by atoms with Gasteiger partial charge in [-0.15, -0.1) is 21.5 Å². The van der Waals surface area contributed by atoms with E-state index in [4.69, 9.17) is 10.7 Å². The van der Waals surface area contributed by atoms with Crippen molar-refractivity contribution in [3.05, 3.63) is 23.1 Å². The summed E-state index contributed by atoms with van der Waals surface area (Å²) in [5, 5.41) is 12.2. The number of aryl methyl sites for hydroxylation is 1. The summed E-state index contributed by atoms with van der Waals surface area (Å²) in [7, 11) is 1.97. The van der Waals surface area contributed by atoms with Crippen molar-refractivity contribution in [2.45, 2.75) is 42.9 Å². The minimum absolute atomic E-state index is 0.144. The lowest BCUT2D eigenvalue weighted by Crippen LogP contribution is -2.22. The van der Waals surface area contributed by atoms with Crippen LogP contribution >= 0.6 is 23.1 Å². The van der Waals surface area contributed by atoms with Crippen LogP contribution in [0.2, 0.25) is 0 Å². The Morgan fingerprint density at radius 1 is 1.43 bits per heavy atom. The van der Waals surface area contributed by atoms with Crippen molar-refractivity contribution in [2.75, 3.05) is 0 Å². The molecule has 0 saturated heterocycles. The van der Waals surface area contributed by atoms with Gasteiger partial charge in [-0.2, -0.15) is 0 Å². The fourth-order valence-corrected chi connectivity index (χ4v) is 3.78. The second-order valence-electron chi connectivity index (χ2n) is 4.98. The van der Waals surface area contributed by atoms with Crippen LogP contribution < -0.4 is 5.73 Å². The van der Waals surface area contributed by atoms with E-state index in [2.05, 4.69) is 27.7 Å². The van der Waals surface area contributed by atoms with Crippen LogP contribution in [-0.2, 0) is 13.5 Å². The van der Waals surface area contributed by atoms with E-state index in [9.17, 15) is 0 Å². The molecular formula is C13H18N6S2. The van der Waals surface area contributed by atoms with Crippen LogP contribution in [0.25, 0.3) is 4.96 Å². The number of rotatable bonds is 5. The van der Waals surface area contributed by atoms with E-state index < -0.39 is 0 Å². The lowest BCUT2D eigenvalue weighted by Gasteiger charge is -2.09. The maximum Gasteiger partial charge on any atom is 0.197 e. The van der Waals surface area contributed by atoms with Gasteiger partial charge in [-0.05, 0) is 25.1 Å². The Bertz CT molecular complexity index is 756. The molecule has 1 unspecified atom stereocenters. The SMILES string of the molecule is CCC(N)Cc1c(Sc2nnc(C)n2C)nc2sccn12. The third-order valence-corrected chi connectivity index (χ3v) is 5.36. The number of hydrogen-bond acceptors (Lipinski definition) is 6. The number of aromatic nitrogens is 5. The topological polar surface area (TPSA) is 74.0 Å². The molecule has 112 valence electrons. The third-order valence-electron chi connectivity index (χ3n) is 3.54. The molecule has 0 radical (unpaired) electrons. The molecule has 0 spiro atoms. The van der Waals surface area contributed by atoms with Gasteiger partial charge in [0.1, 0.15) is 10.9 Å². The zero-order chi connectivity index (χ0) is 15.0. The minimum atomic E-state index is 0.144. The maximum absolute atomic E-state index is 6.14. The summed E-state index contributed by atoms with van der Waals surface area (Å²) < 4.78 is 4.10. The fourth-order valence-electron chi connectivity index (χ4n) is 2.04. The van der Waals surface area contributed by atoms with Crippen LogP contribution in [0.5, 0.6) is 0 Å². The Morgan fingerprint density at radius 3 is 2.90 bits per heavy atom. The summed E-state index contributed by atoms with van der Waals surface area (Å²) in [6.45, 7) is 4.05. The van der Waals surface area contributed by atoms with Gasteiger partial charge in [0, 0.05) is 31.1 Å². The van der Waals surface area contributed by atoms with E-state index in [0.29, 0.717) is 0 Å². The first-order valence-corrected chi connectivity index (χ1v) is 8.53. The van der Waals surface area contributed by atoms with Gasteiger partial charge in [0.25, 0.3) is 0 Å². The number of imidazole rings is 1. The zero-order valence-corrected chi connectivity index (χ0v) is 13.9. The highest BCUT2D eigenvalue weighted by Gasteiger charge is 2.18. The Morgan fingerprint density at radius 2 is 2.24 bits per heavy atom. The third kappa shape index (κ3) is 2.70. The number of fused-ring (bicyclic) bond motifs is 1. The van der Waals surface area contributed by atoms with Crippen LogP contribution in [0.1, 0.15) is 24.9 Å². The molecule has 0 saturated carbocycles. The zero-order valence-electron chi connectivity index (χ0n) is 12.3. The largest absolute Gasteiger partial charge is 0.327 e. The number of thiazole rings is 1. The van der Waals surface area contributed by atoms with Crippen molar-refractivity contribution in [1.82, 2.24) is 24.1 Å². The molecule has 0 aliphatic heterocycles. The first-order chi connectivity index (χ1) is 10.1. The Hall–Kier alpha value is -1.38. The average molecular weight is 322 g/mol. The van der Waals surface area contributed by atoms with Crippen molar-refractivity contribution in [1.29, 1.82) is 0 Å². The second-order valence-corrected chi connectivity index (χ2v) is 6.81. The Balaban J connectivity index is 1.99. The lowest BCUT2D eigenvalue weighted by molar-refractivity contribution is 0.627. The summed E-state index contributed by atoms with van der Waals surface area (Å²) in [6.07, 6.45) is 3.81. The van der Waals surface area contributed by atoms with Gasteiger partial charge in [-0.1, -0.05) is 6.92 Å². The molecule has 1 atom stereocenters. The molecule has 3 heterocycles. The van der Waals surface area contributed by atoms with Crippen LogP contribution in [0.3, 0.4) is 0 Å². The van der Waals surface area contributed by atoms with Crippen molar-refractivity contribution >= 4 is 28.1 Å². The van der Waals surface area contributed by atoms with Crippen LogP contribution in [0.15, 0.2) is 21.8 Å². The van der Waals surface area contributed by atoms with Crippen LogP contribution in [0, 0.1) is 6.92 Å². The molecule has 2 N–H and O–H groups in total. The summed E-state index contributed by atoms with van der Waals surface area (Å²) in [5.41, 5.74) is 7.30. The summed E-state index contributed by atoms with van der Waals surface area (Å²) in [4.78, 5) is 5.71. The summed E-state index contributed by atoms with van der Waals surface area (Å²) in [5.74, 6) is 0.894. The molecule has 0 bridgehead atoms. The number of nitrogens with two attached hydrogens (primary N) is 1. The first-order valence-electron chi connectivity index (χ1n) is 6.84. The molecule has 3 aromatic heterocycles.